The summed E-state index contributed by atoms with van der Waals surface area (Å²) in [7, 11) is 2.02. The molecule has 1 N–H and O–H groups in total. The van der Waals surface area contributed by atoms with Crippen molar-refractivity contribution in [2.24, 2.45) is 0 Å². The molecule has 3 aromatic rings. The van der Waals surface area contributed by atoms with Crippen LogP contribution >= 0.6 is 0 Å². The number of benzene rings is 2. The number of fused-ring (bicyclic) bond motifs is 1. The normalized spacial score (nSPS) is 16.1. The van der Waals surface area contributed by atoms with Gasteiger partial charge in [-0.3, -0.25) is 9.59 Å². The van der Waals surface area contributed by atoms with E-state index in [1.54, 1.807) is 29.2 Å². The first-order valence-corrected chi connectivity index (χ1v) is 9.79. The second-order valence-corrected chi connectivity index (χ2v) is 7.48. The average molecular weight is 392 g/mol. The molecule has 0 bridgehead atoms. The van der Waals surface area contributed by atoms with Crippen LogP contribution in [-0.2, 0) is 11.2 Å². The smallest absolute Gasteiger partial charge is 0.329 e. The predicted molar refractivity (Wildman–Crippen MR) is 112 cm³/mol. The van der Waals surface area contributed by atoms with E-state index in [0.29, 0.717) is 24.0 Å². The van der Waals surface area contributed by atoms with Gasteiger partial charge < -0.3 is 14.8 Å². The zero-order chi connectivity index (χ0) is 20.4. The van der Waals surface area contributed by atoms with Crippen LogP contribution < -0.4 is 11.2 Å². The van der Waals surface area contributed by atoms with Gasteiger partial charge in [-0.25, -0.2) is 9.36 Å². The number of nitrogens with one attached hydrogen (secondary N) is 1. The van der Waals surface area contributed by atoms with Crippen LogP contribution in [0.1, 0.15) is 11.6 Å². The fourth-order valence-corrected chi connectivity index (χ4v) is 3.82. The van der Waals surface area contributed by atoms with Gasteiger partial charge in [0.2, 0.25) is 5.91 Å². The highest BCUT2D eigenvalue weighted by Gasteiger charge is 2.30. The highest BCUT2D eigenvalue weighted by atomic mass is 16.2. The standard InChI is InChI=1S/C22H24N4O3/c1-24-11-13-25(14-12-24)21(28)19(15-16-7-3-2-4-8-16)26-20(27)17-9-5-6-10-18(17)23-22(26)29/h2-10,19H,11-15H2,1H3,(H,23,29)/t19-/m0/s1. The molecule has 1 fully saturated rings. The van der Waals surface area contributed by atoms with Crippen molar-refractivity contribution in [1.29, 1.82) is 0 Å². The molecular formula is C22H24N4O3. The number of aromatic nitrogens is 2. The third-order valence-corrected chi connectivity index (χ3v) is 5.52. The molecule has 2 aromatic carbocycles. The Balaban J connectivity index is 1.80. The summed E-state index contributed by atoms with van der Waals surface area (Å²) in [4.78, 5) is 46.2. The van der Waals surface area contributed by atoms with Crippen molar-refractivity contribution in [3.63, 3.8) is 0 Å². The zero-order valence-corrected chi connectivity index (χ0v) is 16.4. The Morgan fingerprint density at radius 2 is 1.62 bits per heavy atom. The summed E-state index contributed by atoms with van der Waals surface area (Å²) in [5.74, 6) is -0.190. The van der Waals surface area contributed by atoms with E-state index in [9.17, 15) is 14.4 Å². The third kappa shape index (κ3) is 3.86. The highest BCUT2D eigenvalue weighted by Crippen LogP contribution is 2.17. The predicted octanol–water partition coefficient (Wildman–Crippen LogP) is 1.25. The van der Waals surface area contributed by atoms with Crippen molar-refractivity contribution in [1.82, 2.24) is 19.4 Å². The Morgan fingerprint density at radius 3 is 2.34 bits per heavy atom. The highest BCUT2D eigenvalue weighted by molar-refractivity contribution is 5.82. The summed E-state index contributed by atoms with van der Waals surface area (Å²) in [6.45, 7) is 2.71. The van der Waals surface area contributed by atoms with Gasteiger partial charge in [-0.15, -0.1) is 0 Å². The SMILES string of the molecule is CN1CCN(C(=O)[C@H](Cc2ccccc2)n2c(=O)[nH]c3ccccc3c2=O)CC1. The lowest BCUT2D eigenvalue weighted by molar-refractivity contribution is -0.136. The van der Waals surface area contributed by atoms with E-state index in [0.717, 1.165) is 23.2 Å². The van der Waals surface area contributed by atoms with Crippen molar-refractivity contribution >= 4 is 16.8 Å². The first-order valence-electron chi connectivity index (χ1n) is 9.79. The van der Waals surface area contributed by atoms with Crippen molar-refractivity contribution in [2.45, 2.75) is 12.5 Å². The minimum absolute atomic E-state index is 0.190. The van der Waals surface area contributed by atoms with Gasteiger partial charge >= 0.3 is 5.69 Å². The number of likely N-dealkylation sites (N-methyl/N-ethyl adjacent to an activating group) is 1. The molecule has 7 heteroatoms. The molecule has 0 aliphatic carbocycles. The molecule has 0 spiro atoms. The van der Waals surface area contributed by atoms with E-state index < -0.39 is 17.3 Å². The van der Waals surface area contributed by atoms with Gasteiger partial charge in [0, 0.05) is 32.6 Å². The lowest BCUT2D eigenvalue weighted by atomic mass is 10.0. The number of nitrogens with zero attached hydrogens (tertiary/aromatic N) is 3. The van der Waals surface area contributed by atoms with Crippen LogP contribution in [0.15, 0.2) is 64.2 Å². The Labute approximate surface area is 168 Å². The van der Waals surface area contributed by atoms with Gasteiger partial charge in [-0.05, 0) is 24.7 Å². The number of hydrogen-bond acceptors (Lipinski definition) is 4. The Hall–Kier alpha value is -3.19. The van der Waals surface area contributed by atoms with Crippen molar-refractivity contribution < 1.29 is 4.79 Å². The summed E-state index contributed by atoms with van der Waals surface area (Å²) in [5, 5.41) is 0.399. The minimum Gasteiger partial charge on any atom is -0.338 e. The average Bonchev–Trinajstić information content (AvgIpc) is 2.74. The fraction of sp³-hybridized carbons (Fsp3) is 0.318. The van der Waals surface area contributed by atoms with Crippen LogP contribution in [-0.4, -0.2) is 58.5 Å². The number of piperazine rings is 1. The molecule has 4 rings (SSSR count). The molecule has 1 amide bonds. The fourth-order valence-electron chi connectivity index (χ4n) is 3.82. The number of amides is 1. The van der Waals surface area contributed by atoms with Crippen LogP contribution in [0.3, 0.4) is 0 Å². The lowest BCUT2D eigenvalue weighted by Crippen LogP contribution is -2.52. The molecule has 0 unspecified atom stereocenters. The van der Waals surface area contributed by atoms with E-state index >= 15 is 0 Å². The van der Waals surface area contributed by atoms with Gasteiger partial charge in [-0.2, -0.15) is 0 Å². The topological polar surface area (TPSA) is 78.4 Å². The number of para-hydroxylation sites is 1. The second kappa shape index (κ2) is 8.05. The summed E-state index contributed by atoms with van der Waals surface area (Å²) < 4.78 is 1.09. The maximum Gasteiger partial charge on any atom is 0.329 e. The van der Waals surface area contributed by atoms with Crippen LogP contribution in [0.25, 0.3) is 10.9 Å². The number of H-pyrrole nitrogens is 1. The molecular weight excluding hydrogens is 368 g/mol. The molecule has 1 atom stereocenters. The van der Waals surface area contributed by atoms with Crippen LogP contribution in [0.5, 0.6) is 0 Å². The summed E-state index contributed by atoms with van der Waals surface area (Å²) in [5.41, 5.74) is 0.383. The molecule has 1 aliphatic heterocycles. The Bertz CT molecular complexity index is 1130. The van der Waals surface area contributed by atoms with E-state index in [2.05, 4.69) is 9.88 Å². The molecule has 0 saturated carbocycles. The molecule has 1 aromatic heterocycles. The van der Waals surface area contributed by atoms with Crippen molar-refractivity contribution in [3.8, 4) is 0 Å². The van der Waals surface area contributed by atoms with Gasteiger partial charge in [-0.1, -0.05) is 42.5 Å². The summed E-state index contributed by atoms with van der Waals surface area (Å²) in [6, 6.07) is 15.5. The van der Waals surface area contributed by atoms with E-state index in [1.807, 2.05) is 37.4 Å². The van der Waals surface area contributed by atoms with Gasteiger partial charge in [0.1, 0.15) is 6.04 Å². The van der Waals surface area contributed by atoms with Crippen LogP contribution in [0.4, 0.5) is 0 Å². The summed E-state index contributed by atoms with van der Waals surface area (Å²) in [6.07, 6.45) is 0.285. The molecule has 2 heterocycles. The van der Waals surface area contributed by atoms with Crippen molar-refractivity contribution in [3.05, 3.63) is 81.0 Å². The number of carbonyl (C=O) groups is 1. The van der Waals surface area contributed by atoms with Crippen LogP contribution in [0.2, 0.25) is 0 Å². The van der Waals surface area contributed by atoms with E-state index in [-0.39, 0.29) is 12.3 Å². The van der Waals surface area contributed by atoms with Gasteiger partial charge in [0.05, 0.1) is 10.9 Å². The largest absolute Gasteiger partial charge is 0.338 e. The molecule has 1 saturated heterocycles. The van der Waals surface area contributed by atoms with Crippen LogP contribution in [0, 0.1) is 0 Å². The first-order chi connectivity index (χ1) is 14.0. The van der Waals surface area contributed by atoms with Crippen molar-refractivity contribution in [2.75, 3.05) is 33.2 Å². The number of rotatable bonds is 4. The molecule has 7 nitrogen and oxygen atoms in total. The quantitative estimate of drug-likeness (QED) is 0.725. The first kappa shape index (κ1) is 19.1. The van der Waals surface area contributed by atoms with Gasteiger partial charge in [0.25, 0.3) is 5.56 Å². The molecule has 29 heavy (non-hydrogen) atoms. The lowest BCUT2D eigenvalue weighted by Gasteiger charge is -2.34. The maximum atomic E-state index is 13.4. The molecule has 150 valence electrons. The number of carbonyl (C=O) groups excluding carboxylic acids is 1. The molecule has 1 aliphatic rings. The number of aromatic amines is 1. The zero-order valence-electron chi connectivity index (χ0n) is 16.4. The summed E-state index contributed by atoms with van der Waals surface area (Å²) >= 11 is 0. The molecule has 0 radical (unpaired) electrons. The Morgan fingerprint density at radius 1 is 0.966 bits per heavy atom. The Kier molecular flexibility index (Phi) is 5.31. The van der Waals surface area contributed by atoms with E-state index in [1.165, 1.54) is 0 Å². The maximum absolute atomic E-state index is 13.4. The van der Waals surface area contributed by atoms with Gasteiger partial charge in [0.15, 0.2) is 0 Å². The third-order valence-electron chi connectivity index (χ3n) is 5.52. The van der Waals surface area contributed by atoms with E-state index in [4.69, 9.17) is 0 Å². The second-order valence-electron chi connectivity index (χ2n) is 7.48. The monoisotopic (exact) mass is 392 g/mol. The minimum atomic E-state index is -0.887. The number of hydrogen-bond donors (Lipinski definition) is 1.